The van der Waals surface area contributed by atoms with E-state index in [-0.39, 0.29) is 42.6 Å². The number of carbonyl (C=O) groups is 3. The first kappa shape index (κ1) is 32.3. The summed E-state index contributed by atoms with van der Waals surface area (Å²) < 4.78 is 59.7. The maximum absolute atomic E-state index is 13.1. The molecule has 2 heterocycles. The summed E-state index contributed by atoms with van der Waals surface area (Å²) in [6, 6.07) is 0.407. The fraction of sp³-hybridized carbons (Fsp3) is 0.704. The number of nitrogens with zero attached hydrogens (tertiary/aromatic N) is 1. The molecule has 0 saturated carbocycles. The number of ether oxygens (including phenoxy) is 4. The number of aromatic nitrogens is 1. The third kappa shape index (κ3) is 10.7. The van der Waals surface area contributed by atoms with Crippen molar-refractivity contribution in [2.24, 2.45) is 11.8 Å². The lowest BCUT2D eigenvalue weighted by Crippen LogP contribution is -2.44. The number of methoxy groups -OCH3 is 1. The number of rotatable bonds is 11. The number of nitrogens with one attached hydrogen (secondary N) is 1. The first-order chi connectivity index (χ1) is 18.3. The van der Waals surface area contributed by atoms with Crippen LogP contribution in [0.15, 0.2) is 12.3 Å². The second-order valence-electron chi connectivity index (χ2n) is 10.2. The van der Waals surface area contributed by atoms with Crippen LogP contribution in [0.1, 0.15) is 83.1 Å². The number of alkyl halides is 3. The van der Waals surface area contributed by atoms with Gasteiger partial charge in [0.1, 0.15) is 12.1 Å². The molecule has 9 nitrogen and oxygen atoms in total. The average molecular weight is 561 g/mol. The zero-order chi connectivity index (χ0) is 29.2. The summed E-state index contributed by atoms with van der Waals surface area (Å²) in [6.45, 7) is 6.88. The van der Waals surface area contributed by atoms with E-state index in [1.165, 1.54) is 26.3 Å². The number of hydrogen-bond donors (Lipinski definition) is 1. The fourth-order valence-electron chi connectivity index (χ4n) is 4.55. The van der Waals surface area contributed by atoms with Gasteiger partial charge in [-0.1, -0.05) is 26.7 Å². The zero-order valence-corrected chi connectivity index (χ0v) is 23.1. The largest absolute Gasteiger partial charge is 0.493 e. The molecule has 4 atom stereocenters. The summed E-state index contributed by atoms with van der Waals surface area (Å²) in [4.78, 5) is 41.8. The monoisotopic (exact) mass is 560 g/mol. The molecule has 4 unspecified atom stereocenters. The van der Waals surface area contributed by atoms with Gasteiger partial charge in [0.25, 0.3) is 5.91 Å². The standard InChI is InChI=1S/C27H39F3N2O7/c1-16(2)10-11-19-8-6-9-20(26(35)38-17(3)23(19)37-15-7-13-27(28,29)30)32-25(34)22-24(39-18(4)33)21(36-5)12-14-31-22/h12,14,16-17,19-20,23H,6-11,13,15H2,1-5H3,(H,32,34). The number of cyclic esters (lactones) is 1. The Morgan fingerprint density at radius 3 is 2.59 bits per heavy atom. The molecule has 1 aliphatic heterocycles. The van der Waals surface area contributed by atoms with Crippen molar-refractivity contribution in [1.29, 1.82) is 0 Å². The van der Waals surface area contributed by atoms with Gasteiger partial charge in [-0.3, -0.25) is 9.59 Å². The predicted molar refractivity (Wildman–Crippen MR) is 135 cm³/mol. The fourth-order valence-corrected chi connectivity index (χ4v) is 4.55. The van der Waals surface area contributed by atoms with Crippen molar-refractivity contribution in [3.63, 3.8) is 0 Å². The highest BCUT2D eigenvalue weighted by atomic mass is 19.4. The summed E-state index contributed by atoms with van der Waals surface area (Å²) in [7, 11) is 1.35. The van der Waals surface area contributed by atoms with Crippen LogP contribution in [-0.2, 0) is 19.1 Å². The molecular weight excluding hydrogens is 521 g/mol. The van der Waals surface area contributed by atoms with Crippen LogP contribution in [0.25, 0.3) is 0 Å². The number of carbonyl (C=O) groups excluding carboxylic acids is 3. The Hall–Kier alpha value is -2.89. The molecule has 0 radical (unpaired) electrons. The first-order valence-corrected chi connectivity index (χ1v) is 13.2. The van der Waals surface area contributed by atoms with Crippen LogP contribution in [0.3, 0.4) is 0 Å². The molecule has 1 saturated heterocycles. The smallest absolute Gasteiger partial charge is 0.389 e. The Kier molecular flexibility index (Phi) is 12.5. The maximum Gasteiger partial charge on any atom is 0.389 e. The topological polar surface area (TPSA) is 113 Å². The van der Waals surface area contributed by atoms with E-state index in [1.807, 2.05) is 0 Å². The van der Waals surface area contributed by atoms with E-state index < -0.39 is 48.7 Å². The van der Waals surface area contributed by atoms with Crippen LogP contribution >= 0.6 is 0 Å². The van der Waals surface area contributed by atoms with Crippen molar-refractivity contribution in [2.45, 2.75) is 97.1 Å². The van der Waals surface area contributed by atoms with E-state index in [1.54, 1.807) is 6.92 Å². The van der Waals surface area contributed by atoms with Crippen molar-refractivity contribution in [3.05, 3.63) is 18.0 Å². The summed E-state index contributed by atoms with van der Waals surface area (Å²) >= 11 is 0. The minimum atomic E-state index is -4.27. The number of hydrogen-bond acceptors (Lipinski definition) is 8. The minimum absolute atomic E-state index is 0.0360. The lowest BCUT2D eigenvalue weighted by molar-refractivity contribution is -0.162. The molecule has 1 amide bonds. The van der Waals surface area contributed by atoms with E-state index >= 15 is 0 Å². The number of amides is 1. The van der Waals surface area contributed by atoms with E-state index in [2.05, 4.69) is 24.1 Å². The van der Waals surface area contributed by atoms with Gasteiger partial charge in [-0.15, -0.1) is 0 Å². The van der Waals surface area contributed by atoms with Gasteiger partial charge in [-0.2, -0.15) is 13.2 Å². The molecule has 0 aromatic carbocycles. The van der Waals surface area contributed by atoms with Crippen LogP contribution < -0.4 is 14.8 Å². The maximum atomic E-state index is 13.1. The molecule has 2 rings (SSSR count). The first-order valence-electron chi connectivity index (χ1n) is 13.2. The number of pyridine rings is 1. The Morgan fingerprint density at radius 2 is 1.97 bits per heavy atom. The molecule has 39 heavy (non-hydrogen) atoms. The highest BCUT2D eigenvalue weighted by molar-refractivity contribution is 5.98. The van der Waals surface area contributed by atoms with Crippen molar-refractivity contribution < 1.29 is 46.5 Å². The average Bonchev–Trinajstić information content (AvgIpc) is 2.88. The molecule has 12 heteroatoms. The van der Waals surface area contributed by atoms with E-state index in [0.29, 0.717) is 18.8 Å². The van der Waals surface area contributed by atoms with Gasteiger partial charge >= 0.3 is 18.1 Å². The third-order valence-electron chi connectivity index (χ3n) is 6.47. The van der Waals surface area contributed by atoms with Gasteiger partial charge in [0, 0.05) is 32.2 Å². The molecule has 1 N–H and O–H groups in total. The lowest BCUT2D eigenvalue weighted by atomic mass is 9.86. The van der Waals surface area contributed by atoms with Crippen LogP contribution in [0.4, 0.5) is 13.2 Å². The molecule has 0 aliphatic carbocycles. The van der Waals surface area contributed by atoms with Gasteiger partial charge in [0.15, 0.2) is 11.4 Å². The quantitative estimate of drug-likeness (QED) is 0.297. The van der Waals surface area contributed by atoms with E-state index in [9.17, 15) is 27.6 Å². The van der Waals surface area contributed by atoms with Crippen LogP contribution in [0, 0.1) is 11.8 Å². The molecule has 1 aliphatic rings. The molecule has 0 spiro atoms. The van der Waals surface area contributed by atoms with Crippen molar-refractivity contribution >= 4 is 17.8 Å². The van der Waals surface area contributed by atoms with Gasteiger partial charge in [-0.05, 0) is 44.4 Å². The summed E-state index contributed by atoms with van der Waals surface area (Å²) in [5.74, 6) is -1.80. The van der Waals surface area contributed by atoms with E-state index in [4.69, 9.17) is 18.9 Å². The molecular formula is C27H39F3N2O7. The molecule has 1 aromatic heterocycles. The van der Waals surface area contributed by atoms with Crippen molar-refractivity contribution in [2.75, 3.05) is 13.7 Å². The highest BCUT2D eigenvalue weighted by Gasteiger charge is 2.36. The van der Waals surface area contributed by atoms with Crippen molar-refractivity contribution in [3.8, 4) is 11.5 Å². The number of esters is 2. The number of halogens is 3. The second kappa shape index (κ2) is 15.0. The van der Waals surface area contributed by atoms with Gasteiger partial charge in [0.2, 0.25) is 5.75 Å². The van der Waals surface area contributed by atoms with E-state index in [0.717, 1.165) is 12.8 Å². The molecule has 1 fully saturated rings. The third-order valence-corrected chi connectivity index (χ3v) is 6.47. The Balaban J connectivity index is 2.20. The van der Waals surface area contributed by atoms with Gasteiger partial charge in [-0.25, -0.2) is 9.78 Å². The Bertz CT molecular complexity index is 971. The normalized spacial score (nSPS) is 22.3. The summed E-state index contributed by atoms with van der Waals surface area (Å²) in [5, 5.41) is 2.63. The predicted octanol–water partition coefficient (Wildman–Crippen LogP) is 5.01. The Morgan fingerprint density at radius 1 is 1.26 bits per heavy atom. The SMILES string of the molecule is COc1ccnc(C(=O)NC2CCCC(CCC(C)C)C(OCCCC(F)(F)F)C(C)OC2=O)c1OC(C)=O. The highest BCUT2D eigenvalue weighted by Crippen LogP contribution is 2.32. The molecule has 1 aromatic rings. The summed E-state index contributed by atoms with van der Waals surface area (Å²) in [6.07, 6.45) is -2.33. The van der Waals surface area contributed by atoms with Crippen molar-refractivity contribution in [1.82, 2.24) is 10.3 Å². The second-order valence-corrected chi connectivity index (χ2v) is 10.2. The van der Waals surface area contributed by atoms with Gasteiger partial charge < -0.3 is 24.3 Å². The van der Waals surface area contributed by atoms with Gasteiger partial charge in [0.05, 0.1) is 13.2 Å². The lowest BCUT2D eigenvalue weighted by Gasteiger charge is -2.31. The summed E-state index contributed by atoms with van der Waals surface area (Å²) in [5.41, 5.74) is -0.231. The zero-order valence-electron chi connectivity index (χ0n) is 23.1. The minimum Gasteiger partial charge on any atom is -0.493 e. The van der Waals surface area contributed by atoms with Crippen LogP contribution in [0.5, 0.6) is 11.5 Å². The van der Waals surface area contributed by atoms with Crippen LogP contribution in [-0.4, -0.2) is 61.0 Å². The Labute approximate surface area is 227 Å². The molecule has 220 valence electrons. The van der Waals surface area contributed by atoms with Crippen LogP contribution in [0.2, 0.25) is 0 Å². The molecule has 0 bridgehead atoms.